The summed E-state index contributed by atoms with van der Waals surface area (Å²) in [5.74, 6) is -0.585. The van der Waals surface area contributed by atoms with E-state index in [0.29, 0.717) is 5.56 Å². The van der Waals surface area contributed by atoms with Gasteiger partial charge in [-0.15, -0.1) is 12.4 Å². The molecular weight excluding hydrogens is 216 g/mol. The van der Waals surface area contributed by atoms with Crippen LogP contribution in [-0.4, -0.2) is 12.6 Å². The SMILES string of the molecule is Cl.N#CCOC(=O)C(N)c1ccccc1. The minimum absolute atomic E-state index is 0. The highest BCUT2D eigenvalue weighted by atomic mass is 35.5. The van der Waals surface area contributed by atoms with Gasteiger partial charge in [-0.05, 0) is 5.56 Å². The summed E-state index contributed by atoms with van der Waals surface area (Å²) in [5, 5.41) is 8.20. The Morgan fingerprint density at radius 1 is 1.47 bits per heavy atom. The van der Waals surface area contributed by atoms with Crippen molar-refractivity contribution in [2.24, 2.45) is 5.73 Å². The Labute approximate surface area is 94.1 Å². The van der Waals surface area contributed by atoms with Gasteiger partial charge in [0.1, 0.15) is 12.1 Å². The molecule has 0 radical (unpaired) electrons. The van der Waals surface area contributed by atoms with E-state index in [9.17, 15) is 4.79 Å². The van der Waals surface area contributed by atoms with Gasteiger partial charge >= 0.3 is 5.97 Å². The number of carbonyl (C=O) groups is 1. The molecule has 1 aromatic rings. The molecule has 0 heterocycles. The normalized spacial score (nSPS) is 10.7. The van der Waals surface area contributed by atoms with Crippen molar-refractivity contribution in [1.29, 1.82) is 5.26 Å². The van der Waals surface area contributed by atoms with Gasteiger partial charge in [-0.3, -0.25) is 0 Å². The highest BCUT2D eigenvalue weighted by Crippen LogP contribution is 2.10. The van der Waals surface area contributed by atoms with Crippen molar-refractivity contribution < 1.29 is 9.53 Å². The predicted octanol–water partition coefficient (Wildman–Crippen LogP) is 1.17. The molecule has 0 aliphatic heterocycles. The van der Waals surface area contributed by atoms with Gasteiger partial charge < -0.3 is 10.5 Å². The van der Waals surface area contributed by atoms with Crippen LogP contribution in [-0.2, 0) is 9.53 Å². The Morgan fingerprint density at radius 2 is 2.07 bits per heavy atom. The molecule has 4 nitrogen and oxygen atoms in total. The molecule has 1 unspecified atom stereocenters. The standard InChI is InChI=1S/C10H10N2O2.ClH/c11-6-7-14-10(13)9(12)8-4-2-1-3-5-8;/h1-5,9H,7,12H2;1H. The number of nitrogens with two attached hydrogens (primary N) is 1. The van der Waals surface area contributed by atoms with Crippen molar-refractivity contribution in [3.8, 4) is 6.07 Å². The largest absolute Gasteiger partial charge is 0.449 e. The molecule has 0 aliphatic carbocycles. The van der Waals surface area contributed by atoms with Crippen molar-refractivity contribution >= 4 is 18.4 Å². The Morgan fingerprint density at radius 3 is 2.60 bits per heavy atom. The molecule has 5 heteroatoms. The van der Waals surface area contributed by atoms with Gasteiger partial charge in [0.05, 0.1) is 0 Å². The lowest BCUT2D eigenvalue weighted by molar-refractivity contribution is -0.143. The molecule has 2 N–H and O–H groups in total. The molecule has 0 spiro atoms. The number of benzene rings is 1. The van der Waals surface area contributed by atoms with Gasteiger partial charge in [0.2, 0.25) is 0 Å². The number of nitriles is 1. The van der Waals surface area contributed by atoms with Crippen LogP contribution in [0.5, 0.6) is 0 Å². The van der Waals surface area contributed by atoms with Crippen LogP contribution in [0.1, 0.15) is 11.6 Å². The summed E-state index contributed by atoms with van der Waals surface area (Å²) in [5.41, 5.74) is 6.27. The van der Waals surface area contributed by atoms with E-state index in [4.69, 9.17) is 11.0 Å². The first-order chi connectivity index (χ1) is 6.75. The molecule has 0 saturated heterocycles. The van der Waals surface area contributed by atoms with Gasteiger partial charge in [0.25, 0.3) is 0 Å². The van der Waals surface area contributed by atoms with E-state index in [2.05, 4.69) is 4.74 Å². The summed E-state index contributed by atoms with van der Waals surface area (Å²) in [6.45, 7) is -0.265. The van der Waals surface area contributed by atoms with Crippen molar-refractivity contribution in [2.75, 3.05) is 6.61 Å². The Hall–Kier alpha value is -1.57. The average Bonchev–Trinajstić information content (AvgIpc) is 2.26. The summed E-state index contributed by atoms with van der Waals surface area (Å²) in [4.78, 5) is 11.2. The van der Waals surface area contributed by atoms with E-state index in [1.165, 1.54) is 0 Å². The fraction of sp³-hybridized carbons (Fsp3) is 0.200. The fourth-order valence-electron chi connectivity index (χ4n) is 0.990. The lowest BCUT2D eigenvalue weighted by atomic mass is 10.1. The molecule has 80 valence electrons. The van der Waals surface area contributed by atoms with Crippen LogP contribution >= 0.6 is 12.4 Å². The molecule has 0 amide bonds. The maximum atomic E-state index is 11.2. The second-order valence-corrected chi connectivity index (χ2v) is 2.65. The summed E-state index contributed by atoms with van der Waals surface area (Å²) < 4.78 is 4.58. The van der Waals surface area contributed by atoms with Crippen LogP contribution < -0.4 is 5.73 Å². The van der Waals surface area contributed by atoms with Crippen molar-refractivity contribution in [2.45, 2.75) is 6.04 Å². The van der Waals surface area contributed by atoms with Crippen LogP contribution in [0.25, 0.3) is 0 Å². The van der Waals surface area contributed by atoms with Gasteiger partial charge in [-0.25, -0.2) is 4.79 Å². The first kappa shape index (κ1) is 13.4. The number of ether oxygens (including phenoxy) is 1. The molecule has 1 rings (SSSR count). The minimum atomic E-state index is -0.815. The molecule has 0 bridgehead atoms. The van der Waals surface area contributed by atoms with Gasteiger partial charge in [-0.2, -0.15) is 5.26 Å². The van der Waals surface area contributed by atoms with Crippen LogP contribution in [0.4, 0.5) is 0 Å². The average molecular weight is 227 g/mol. The molecular formula is C10H11ClN2O2. The van der Waals surface area contributed by atoms with E-state index in [-0.39, 0.29) is 19.0 Å². The third kappa shape index (κ3) is 3.98. The second-order valence-electron chi connectivity index (χ2n) is 2.65. The maximum absolute atomic E-state index is 11.2. The van der Waals surface area contributed by atoms with Gasteiger partial charge in [0.15, 0.2) is 6.61 Å². The maximum Gasteiger partial charge on any atom is 0.328 e. The van der Waals surface area contributed by atoms with Crippen molar-refractivity contribution in [3.05, 3.63) is 35.9 Å². The summed E-state index contributed by atoms with van der Waals surface area (Å²) in [6, 6.07) is 9.76. The minimum Gasteiger partial charge on any atom is -0.449 e. The summed E-state index contributed by atoms with van der Waals surface area (Å²) >= 11 is 0. The van der Waals surface area contributed by atoms with Crippen molar-refractivity contribution in [1.82, 2.24) is 0 Å². The van der Waals surface area contributed by atoms with E-state index < -0.39 is 12.0 Å². The number of esters is 1. The van der Waals surface area contributed by atoms with Gasteiger partial charge in [-0.1, -0.05) is 30.3 Å². The van der Waals surface area contributed by atoms with Crippen LogP contribution in [0.3, 0.4) is 0 Å². The predicted molar refractivity (Wildman–Crippen MR) is 57.2 cm³/mol. The highest BCUT2D eigenvalue weighted by Gasteiger charge is 2.16. The smallest absolute Gasteiger partial charge is 0.328 e. The molecule has 0 aliphatic rings. The fourth-order valence-corrected chi connectivity index (χ4v) is 0.990. The first-order valence-corrected chi connectivity index (χ1v) is 4.10. The number of nitrogens with zero attached hydrogens (tertiary/aromatic N) is 1. The molecule has 0 saturated carbocycles. The monoisotopic (exact) mass is 226 g/mol. The Kier molecular flexibility index (Phi) is 6.11. The Bertz CT molecular complexity index is 348. The van der Waals surface area contributed by atoms with E-state index in [1.54, 1.807) is 30.3 Å². The van der Waals surface area contributed by atoms with E-state index in [1.807, 2.05) is 6.07 Å². The summed E-state index contributed by atoms with van der Waals surface area (Å²) in [6.07, 6.45) is 0. The first-order valence-electron chi connectivity index (χ1n) is 4.10. The second kappa shape index (κ2) is 6.82. The van der Waals surface area contributed by atoms with E-state index >= 15 is 0 Å². The van der Waals surface area contributed by atoms with Gasteiger partial charge in [0, 0.05) is 0 Å². The molecule has 1 atom stereocenters. The van der Waals surface area contributed by atoms with Crippen LogP contribution in [0, 0.1) is 11.3 Å². The quantitative estimate of drug-likeness (QED) is 0.785. The zero-order valence-corrected chi connectivity index (χ0v) is 8.74. The number of hydrogen-bond acceptors (Lipinski definition) is 4. The zero-order chi connectivity index (χ0) is 10.4. The molecule has 1 aromatic carbocycles. The molecule has 15 heavy (non-hydrogen) atoms. The lowest BCUT2D eigenvalue weighted by Gasteiger charge is -2.09. The third-order valence-corrected chi connectivity index (χ3v) is 1.69. The lowest BCUT2D eigenvalue weighted by Crippen LogP contribution is -2.23. The van der Waals surface area contributed by atoms with E-state index in [0.717, 1.165) is 0 Å². The topological polar surface area (TPSA) is 76.1 Å². The van der Waals surface area contributed by atoms with Crippen LogP contribution in [0.2, 0.25) is 0 Å². The number of halogens is 1. The molecule has 0 aromatic heterocycles. The number of carbonyl (C=O) groups excluding carboxylic acids is 1. The summed E-state index contributed by atoms with van der Waals surface area (Å²) in [7, 11) is 0. The number of rotatable bonds is 3. The zero-order valence-electron chi connectivity index (χ0n) is 7.92. The van der Waals surface area contributed by atoms with Crippen LogP contribution in [0.15, 0.2) is 30.3 Å². The van der Waals surface area contributed by atoms with Crippen molar-refractivity contribution in [3.63, 3.8) is 0 Å². The third-order valence-electron chi connectivity index (χ3n) is 1.69. The Balaban J connectivity index is 0.00000196. The number of hydrogen-bond donors (Lipinski definition) is 1. The highest BCUT2D eigenvalue weighted by molar-refractivity contribution is 5.85. The molecule has 0 fully saturated rings.